The number of rotatable bonds is 7. The van der Waals surface area contributed by atoms with Crippen LogP contribution in [0.25, 0.3) is 0 Å². The van der Waals surface area contributed by atoms with Gasteiger partial charge in [-0.15, -0.1) is 0 Å². The number of hydrogen-bond donors (Lipinski definition) is 7. The van der Waals surface area contributed by atoms with Crippen LogP contribution in [0, 0.1) is 0 Å². The molecule has 6 N–H and O–H groups in total. The van der Waals surface area contributed by atoms with Gasteiger partial charge in [0.1, 0.15) is 24.4 Å². The number of nitrogens with zero attached hydrogens (tertiary/aromatic N) is 1. The first kappa shape index (κ1) is 16.3. The van der Waals surface area contributed by atoms with Crippen LogP contribution in [0.2, 0.25) is 0 Å². The molecule has 0 aliphatic carbocycles. The Bertz CT molecular complexity index is 264. The molecule has 1 amide bonds. The van der Waals surface area contributed by atoms with Crippen molar-refractivity contribution in [2.24, 2.45) is 5.10 Å². The summed E-state index contributed by atoms with van der Waals surface area (Å²) < 4.78 is 0. The van der Waals surface area contributed by atoms with Gasteiger partial charge in [-0.2, -0.15) is 17.7 Å². The van der Waals surface area contributed by atoms with Crippen molar-refractivity contribution >= 4 is 24.8 Å². The summed E-state index contributed by atoms with van der Waals surface area (Å²) >= 11 is 3.65. The van der Waals surface area contributed by atoms with Gasteiger partial charge in [-0.25, -0.2) is 5.43 Å². The zero-order valence-electron chi connectivity index (χ0n) is 8.84. The smallest absolute Gasteiger partial charge is 0.249 e. The normalized spacial score (nSPS) is 18.7. The molecule has 4 atom stereocenters. The van der Waals surface area contributed by atoms with Gasteiger partial charge in [-0.3, -0.25) is 4.79 Å². The zero-order chi connectivity index (χ0) is 13.4. The molecule has 0 aliphatic heterocycles. The first-order chi connectivity index (χ1) is 7.93. The minimum atomic E-state index is -1.74. The molecule has 0 rings (SSSR count). The van der Waals surface area contributed by atoms with E-state index in [1.807, 2.05) is 5.43 Å². The molecule has 0 aliphatic rings. The van der Waals surface area contributed by atoms with Crippen LogP contribution in [0.15, 0.2) is 5.10 Å². The van der Waals surface area contributed by atoms with Crippen LogP contribution in [0.4, 0.5) is 0 Å². The van der Waals surface area contributed by atoms with Gasteiger partial charge in [-0.05, 0) is 0 Å². The Morgan fingerprint density at radius 2 is 1.88 bits per heavy atom. The van der Waals surface area contributed by atoms with Gasteiger partial charge >= 0.3 is 0 Å². The summed E-state index contributed by atoms with van der Waals surface area (Å²) in [5.74, 6) is -0.607. The average Bonchev–Trinajstić information content (AvgIpc) is 2.35. The fourth-order valence-electron chi connectivity index (χ4n) is 0.847. The Labute approximate surface area is 103 Å². The van der Waals surface area contributed by atoms with Crippen LogP contribution in [0.3, 0.4) is 0 Å². The topological polar surface area (TPSA) is 143 Å². The predicted octanol–water partition coefficient (Wildman–Crippen LogP) is -3.55. The molecule has 9 heteroatoms. The van der Waals surface area contributed by atoms with Crippen LogP contribution < -0.4 is 5.43 Å². The Hall–Kier alpha value is -0.710. The third-order valence-corrected chi connectivity index (χ3v) is 2.13. The van der Waals surface area contributed by atoms with Crippen molar-refractivity contribution in [2.75, 3.05) is 12.4 Å². The van der Waals surface area contributed by atoms with E-state index in [9.17, 15) is 20.1 Å². The number of nitrogens with one attached hydrogen (secondary N) is 1. The Kier molecular flexibility index (Phi) is 8.04. The standard InChI is InChI=1S/C8H16N2O6S/c11-2-5(13)8(16)7(15)4(12)1-9-10-6(14)3-17/h1,4-5,7-8,11-13,15-17H,2-3H2,(H,10,14)/t4-,5+,7+,8+/m0/s1. The Morgan fingerprint density at radius 3 is 2.35 bits per heavy atom. The first-order valence-electron chi connectivity index (χ1n) is 4.70. The van der Waals surface area contributed by atoms with Gasteiger partial charge in [0.05, 0.1) is 18.6 Å². The number of carbonyl (C=O) groups excluding carboxylic acids is 1. The predicted molar refractivity (Wildman–Crippen MR) is 61.6 cm³/mol. The minimum Gasteiger partial charge on any atom is -0.394 e. The summed E-state index contributed by atoms with van der Waals surface area (Å²) in [5, 5.41) is 48.7. The summed E-state index contributed by atoms with van der Waals surface area (Å²) in [6, 6.07) is 0. The number of thiol groups is 1. The summed E-state index contributed by atoms with van der Waals surface area (Å²) in [7, 11) is 0. The van der Waals surface area contributed by atoms with E-state index in [1.165, 1.54) is 0 Å². The molecule has 0 unspecified atom stereocenters. The largest absolute Gasteiger partial charge is 0.394 e. The molecule has 0 aromatic carbocycles. The van der Waals surface area contributed by atoms with Crippen LogP contribution in [0.1, 0.15) is 0 Å². The second kappa shape index (κ2) is 8.39. The Morgan fingerprint density at radius 1 is 1.29 bits per heavy atom. The lowest BCUT2D eigenvalue weighted by atomic mass is 10.0. The highest BCUT2D eigenvalue weighted by Gasteiger charge is 2.29. The van der Waals surface area contributed by atoms with Gasteiger partial charge in [0.25, 0.3) is 0 Å². The molecule has 0 aromatic rings. The third kappa shape index (κ3) is 5.96. The maximum atomic E-state index is 10.7. The van der Waals surface area contributed by atoms with Gasteiger partial charge < -0.3 is 25.5 Å². The molecule has 0 radical (unpaired) electrons. The molecule has 0 saturated heterocycles. The molecule has 0 heterocycles. The zero-order valence-corrected chi connectivity index (χ0v) is 9.73. The van der Waals surface area contributed by atoms with Crippen LogP contribution >= 0.6 is 12.6 Å². The van der Waals surface area contributed by atoms with Crippen molar-refractivity contribution in [3.8, 4) is 0 Å². The maximum Gasteiger partial charge on any atom is 0.249 e. The first-order valence-corrected chi connectivity index (χ1v) is 5.33. The van der Waals surface area contributed by atoms with Gasteiger partial charge in [0.15, 0.2) is 0 Å². The van der Waals surface area contributed by atoms with Crippen LogP contribution in [-0.4, -0.2) is 74.4 Å². The number of hydrazone groups is 1. The number of amides is 1. The molecule has 17 heavy (non-hydrogen) atoms. The second-order valence-corrected chi connectivity index (χ2v) is 3.51. The third-order valence-electron chi connectivity index (χ3n) is 1.84. The fraction of sp³-hybridized carbons (Fsp3) is 0.750. The van der Waals surface area contributed by atoms with Gasteiger partial charge in [-0.1, -0.05) is 0 Å². The van der Waals surface area contributed by atoms with Crippen molar-refractivity contribution in [1.82, 2.24) is 5.43 Å². The molecule has 0 saturated carbocycles. The highest BCUT2D eigenvalue weighted by molar-refractivity contribution is 7.81. The van der Waals surface area contributed by atoms with Crippen LogP contribution in [-0.2, 0) is 4.79 Å². The van der Waals surface area contributed by atoms with Crippen molar-refractivity contribution in [1.29, 1.82) is 0 Å². The van der Waals surface area contributed by atoms with E-state index < -0.39 is 36.9 Å². The number of hydrogen-bond acceptors (Lipinski definition) is 8. The summed E-state index contributed by atoms with van der Waals surface area (Å²) in [5.41, 5.74) is 1.99. The van der Waals surface area contributed by atoms with E-state index in [-0.39, 0.29) is 5.75 Å². The molecule has 100 valence electrons. The highest BCUT2D eigenvalue weighted by atomic mass is 32.1. The van der Waals surface area contributed by atoms with Crippen LogP contribution in [0.5, 0.6) is 0 Å². The second-order valence-electron chi connectivity index (χ2n) is 3.19. The van der Waals surface area contributed by atoms with E-state index in [0.29, 0.717) is 0 Å². The lowest BCUT2D eigenvalue weighted by Gasteiger charge is -2.23. The van der Waals surface area contributed by atoms with Crippen molar-refractivity contribution in [2.45, 2.75) is 24.4 Å². The van der Waals surface area contributed by atoms with Crippen molar-refractivity contribution in [3.63, 3.8) is 0 Å². The molecule has 0 fully saturated rings. The van der Waals surface area contributed by atoms with E-state index >= 15 is 0 Å². The summed E-state index contributed by atoms with van der Waals surface area (Å²) in [6.45, 7) is -0.765. The van der Waals surface area contributed by atoms with Crippen molar-refractivity contribution in [3.05, 3.63) is 0 Å². The lowest BCUT2D eigenvalue weighted by Crippen LogP contribution is -2.46. The van der Waals surface area contributed by atoms with Gasteiger partial charge in [0.2, 0.25) is 5.91 Å². The molecular weight excluding hydrogens is 252 g/mol. The molecule has 0 aromatic heterocycles. The van der Waals surface area contributed by atoms with E-state index in [0.717, 1.165) is 6.21 Å². The monoisotopic (exact) mass is 268 g/mol. The number of aliphatic hydroxyl groups is 5. The fourth-order valence-corrected chi connectivity index (χ4v) is 0.918. The molecule has 0 bridgehead atoms. The van der Waals surface area contributed by atoms with E-state index in [1.54, 1.807) is 0 Å². The molecule has 0 spiro atoms. The SMILES string of the molecule is O=C(CS)NN=C[C@H](O)[C@@H](O)[C@H](O)[C@H](O)CO. The highest BCUT2D eigenvalue weighted by Crippen LogP contribution is 2.03. The van der Waals surface area contributed by atoms with E-state index in [2.05, 4.69) is 17.7 Å². The maximum absolute atomic E-state index is 10.7. The quantitative estimate of drug-likeness (QED) is 0.145. The molecular formula is C8H16N2O6S. The lowest BCUT2D eigenvalue weighted by molar-refractivity contribution is -0.118. The molecule has 8 nitrogen and oxygen atoms in total. The van der Waals surface area contributed by atoms with Crippen molar-refractivity contribution < 1.29 is 30.3 Å². The number of carbonyl (C=O) groups is 1. The summed E-state index contributed by atoms with van der Waals surface area (Å²) in [6.07, 6.45) is -5.89. The average molecular weight is 268 g/mol. The summed E-state index contributed by atoms with van der Waals surface area (Å²) in [4.78, 5) is 10.7. The van der Waals surface area contributed by atoms with Gasteiger partial charge in [0, 0.05) is 0 Å². The van der Waals surface area contributed by atoms with E-state index in [4.69, 9.17) is 10.2 Å². The Balaban J connectivity index is 4.21. The number of aliphatic hydroxyl groups excluding tert-OH is 5. The minimum absolute atomic E-state index is 0.0954.